The first kappa shape index (κ1) is 28.7. The summed E-state index contributed by atoms with van der Waals surface area (Å²) in [6, 6.07) is 6.30. The van der Waals surface area contributed by atoms with Crippen LogP contribution in [0.25, 0.3) is 28.1 Å². The second kappa shape index (κ2) is 9.94. The summed E-state index contributed by atoms with van der Waals surface area (Å²) in [6.07, 6.45) is 3.04. The standard InChI is InChI=1S/C27H33F2N7O4S/c1-14-22(32-21-11-17(23(30)37)18(12-27(2,3)31)25(40-4)35(14)21)19-10-16-8-9-20(36(26(28)29)41(5,38)39)33-24(16)34(19)13-15-6-7-15/h8-11,15,26H,6-7,12-13,31H2,1-5H3,(H2,30,37). The number of halogens is 2. The fourth-order valence-corrected chi connectivity index (χ4v) is 5.97. The smallest absolute Gasteiger partial charge is 0.329 e. The van der Waals surface area contributed by atoms with Crippen molar-refractivity contribution in [2.75, 3.05) is 17.7 Å². The van der Waals surface area contributed by atoms with E-state index in [0.717, 1.165) is 12.8 Å². The molecule has 4 heterocycles. The number of pyridine rings is 2. The number of methoxy groups -OCH3 is 1. The lowest BCUT2D eigenvalue weighted by molar-refractivity contribution is 0.0998. The van der Waals surface area contributed by atoms with E-state index in [2.05, 4.69) is 4.98 Å². The number of amides is 1. The van der Waals surface area contributed by atoms with Gasteiger partial charge in [0, 0.05) is 23.0 Å². The van der Waals surface area contributed by atoms with E-state index in [9.17, 15) is 22.0 Å². The first-order chi connectivity index (χ1) is 19.1. The summed E-state index contributed by atoms with van der Waals surface area (Å²) in [6.45, 7) is 2.79. The number of rotatable bonds is 10. The Labute approximate surface area is 236 Å². The number of aromatic nitrogens is 4. The minimum Gasteiger partial charge on any atom is -0.482 e. The first-order valence-corrected chi connectivity index (χ1v) is 14.9. The number of anilines is 1. The number of sulfonamides is 1. The summed E-state index contributed by atoms with van der Waals surface area (Å²) in [5.74, 6) is -0.258. The van der Waals surface area contributed by atoms with E-state index >= 15 is 0 Å². The molecule has 0 atom stereocenters. The molecule has 0 saturated heterocycles. The highest BCUT2D eigenvalue weighted by molar-refractivity contribution is 7.92. The van der Waals surface area contributed by atoms with E-state index in [1.54, 1.807) is 16.5 Å². The van der Waals surface area contributed by atoms with Gasteiger partial charge in [-0.3, -0.25) is 9.20 Å². The summed E-state index contributed by atoms with van der Waals surface area (Å²) in [4.78, 5) is 21.7. The molecule has 1 aliphatic carbocycles. The molecule has 1 fully saturated rings. The summed E-state index contributed by atoms with van der Waals surface area (Å²) < 4.78 is 61.3. The van der Waals surface area contributed by atoms with Crippen LogP contribution in [-0.4, -0.2) is 58.7 Å². The van der Waals surface area contributed by atoms with Gasteiger partial charge in [-0.1, -0.05) is 0 Å². The molecule has 4 aromatic heterocycles. The molecule has 4 N–H and O–H groups in total. The van der Waals surface area contributed by atoms with E-state index in [1.807, 2.05) is 31.4 Å². The number of ether oxygens (including phenoxy) is 1. The van der Waals surface area contributed by atoms with Gasteiger partial charge < -0.3 is 20.8 Å². The van der Waals surface area contributed by atoms with Gasteiger partial charge in [0.25, 0.3) is 0 Å². The van der Waals surface area contributed by atoms with Crippen molar-refractivity contribution < 1.29 is 26.7 Å². The number of hydrogen-bond donors (Lipinski definition) is 2. The van der Waals surface area contributed by atoms with Crippen molar-refractivity contribution in [2.45, 2.75) is 58.7 Å². The van der Waals surface area contributed by atoms with Gasteiger partial charge in [-0.25, -0.2) is 18.4 Å². The lowest BCUT2D eigenvalue weighted by Gasteiger charge is -2.22. The SMILES string of the molecule is COc1c(CC(C)(C)N)c(C(N)=O)cc2nc(-c3cc4ccc(N(C(F)F)S(C)(=O)=O)nc4n3CC3CC3)c(C)n12. The number of nitrogens with zero attached hydrogens (tertiary/aromatic N) is 5. The summed E-state index contributed by atoms with van der Waals surface area (Å²) in [5.41, 5.74) is 14.9. The minimum absolute atomic E-state index is 0.00737. The molecule has 0 aliphatic heterocycles. The van der Waals surface area contributed by atoms with Crippen LogP contribution in [0.1, 0.15) is 48.3 Å². The largest absolute Gasteiger partial charge is 0.482 e. The number of carbonyl (C=O) groups is 1. The molecule has 1 amide bonds. The third-order valence-corrected chi connectivity index (χ3v) is 8.22. The van der Waals surface area contributed by atoms with Crippen LogP contribution in [0.4, 0.5) is 14.6 Å². The van der Waals surface area contributed by atoms with Gasteiger partial charge >= 0.3 is 6.55 Å². The van der Waals surface area contributed by atoms with Gasteiger partial charge in [-0.05, 0) is 70.2 Å². The number of fused-ring (bicyclic) bond motifs is 2. The number of hydrogen-bond acceptors (Lipinski definition) is 7. The number of carbonyl (C=O) groups excluding carboxylic acids is 1. The van der Waals surface area contributed by atoms with Crippen molar-refractivity contribution in [3.63, 3.8) is 0 Å². The maximum Gasteiger partial charge on any atom is 0.329 e. The number of aryl methyl sites for hydroxylation is 1. The maximum absolute atomic E-state index is 13.8. The molecule has 1 saturated carbocycles. The molecule has 0 radical (unpaired) electrons. The van der Waals surface area contributed by atoms with E-state index in [1.165, 1.54) is 13.2 Å². The molecule has 0 spiro atoms. The fourth-order valence-electron chi connectivity index (χ4n) is 5.24. The molecule has 4 aromatic rings. The van der Waals surface area contributed by atoms with Crippen molar-refractivity contribution in [1.82, 2.24) is 18.9 Å². The van der Waals surface area contributed by atoms with Crippen LogP contribution in [0.3, 0.4) is 0 Å². The average molecular weight is 590 g/mol. The van der Waals surface area contributed by atoms with Crippen LogP contribution in [-0.2, 0) is 23.0 Å². The van der Waals surface area contributed by atoms with Crippen molar-refractivity contribution in [3.8, 4) is 17.3 Å². The number of primary amides is 1. The van der Waals surface area contributed by atoms with E-state index in [-0.39, 0.29) is 15.7 Å². The molecule has 220 valence electrons. The highest BCUT2D eigenvalue weighted by Crippen LogP contribution is 2.39. The summed E-state index contributed by atoms with van der Waals surface area (Å²) >= 11 is 0. The molecular weight excluding hydrogens is 556 g/mol. The van der Waals surface area contributed by atoms with Gasteiger partial charge in [0.2, 0.25) is 21.8 Å². The van der Waals surface area contributed by atoms with Crippen molar-refractivity contribution >= 4 is 38.4 Å². The first-order valence-electron chi connectivity index (χ1n) is 13.1. The Morgan fingerprint density at radius 2 is 1.93 bits per heavy atom. The van der Waals surface area contributed by atoms with E-state index in [4.69, 9.17) is 21.2 Å². The van der Waals surface area contributed by atoms with Crippen molar-refractivity contribution in [1.29, 1.82) is 0 Å². The normalized spacial score (nSPS) is 14.4. The lowest BCUT2D eigenvalue weighted by Crippen LogP contribution is -2.35. The quantitative estimate of drug-likeness (QED) is 0.269. The van der Waals surface area contributed by atoms with Gasteiger partial charge in [0.1, 0.15) is 22.8 Å². The fraction of sp³-hybridized carbons (Fsp3) is 0.444. The monoisotopic (exact) mass is 589 g/mol. The molecule has 0 unspecified atom stereocenters. The van der Waals surface area contributed by atoms with Crippen LogP contribution in [0.2, 0.25) is 0 Å². The number of nitrogens with two attached hydrogens (primary N) is 2. The molecule has 0 bridgehead atoms. The predicted octanol–water partition coefficient (Wildman–Crippen LogP) is 3.45. The van der Waals surface area contributed by atoms with Crippen molar-refractivity contribution in [3.05, 3.63) is 41.1 Å². The van der Waals surface area contributed by atoms with Gasteiger partial charge in [-0.15, -0.1) is 0 Å². The minimum atomic E-state index is -4.28. The van der Waals surface area contributed by atoms with Crippen LogP contribution in [0, 0.1) is 12.8 Å². The Kier molecular flexibility index (Phi) is 6.97. The summed E-state index contributed by atoms with van der Waals surface area (Å²) in [7, 11) is -2.78. The number of alkyl halides is 2. The third-order valence-electron chi connectivity index (χ3n) is 7.15. The summed E-state index contributed by atoms with van der Waals surface area (Å²) in [5, 5.41) is 0.638. The van der Waals surface area contributed by atoms with Crippen LogP contribution in [0.5, 0.6) is 5.88 Å². The molecular formula is C27H33F2N7O4S. The zero-order valence-corrected chi connectivity index (χ0v) is 24.3. The van der Waals surface area contributed by atoms with Gasteiger partial charge in [0.05, 0.1) is 30.3 Å². The molecule has 41 heavy (non-hydrogen) atoms. The topological polar surface area (TPSA) is 151 Å². The van der Waals surface area contributed by atoms with E-state index in [0.29, 0.717) is 70.3 Å². The third kappa shape index (κ3) is 5.33. The Bertz CT molecular complexity index is 1790. The second-order valence-corrected chi connectivity index (χ2v) is 13.2. The Morgan fingerprint density at radius 3 is 2.46 bits per heavy atom. The predicted molar refractivity (Wildman–Crippen MR) is 152 cm³/mol. The average Bonchev–Trinajstić information content (AvgIpc) is 3.52. The highest BCUT2D eigenvalue weighted by Gasteiger charge is 2.31. The zero-order valence-electron chi connectivity index (χ0n) is 23.5. The number of imidazole rings is 1. The highest BCUT2D eigenvalue weighted by atomic mass is 32.2. The van der Waals surface area contributed by atoms with Crippen molar-refractivity contribution in [2.24, 2.45) is 17.4 Å². The zero-order chi connectivity index (χ0) is 30.0. The molecule has 0 aromatic carbocycles. The van der Waals surface area contributed by atoms with Crippen LogP contribution >= 0.6 is 0 Å². The van der Waals surface area contributed by atoms with Crippen LogP contribution < -0.4 is 20.5 Å². The Balaban J connectivity index is 1.77. The molecule has 1 aliphatic rings. The van der Waals surface area contributed by atoms with Gasteiger partial charge in [0.15, 0.2) is 0 Å². The molecule has 11 nitrogen and oxygen atoms in total. The van der Waals surface area contributed by atoms with Gasteiger partial charge in [-0.2, -0.15) is 13.1 Å². The molecule has 5 rings (SSSR count). The second-order valence-electron chi connectivity index (χ2n) is 11.3. The molecule has 14 heteroatoms. The van der Waals surface area contributed by atoms with Crippen LogP contribution in [0.15, 0.2) is 24.3 Å². The Morgan fingerprint density at radius 1 is 1.24 bits per heavy atom. The van der Waals surface area contributed by atoms with E-state index < -0.39 is 28.0 Å². The lowest BCUT2D eigenvalue weighted by atomic mass is 9.93. The maximum atomic E-state index is 13.8. The Hall–Kier alpha value is -3.78.